The molecule has 6 nitrogen and oxygen atoms in total. The molecular formula is C29H30Cl4N4O2. The highest BCUT2D eigenvalue weighted by Gasteiger charge is 2.27. The van der Waals surface area contributed by atoms with Gasteiger partial charge in [0.25, 0.3) is 0 Å². The van der Waals surface area contributed by atoms with Crippen LogP contribution < -0.4 is 10.6 Å². The second-order valence-electron chi connectivity index (χ2n) is 9.70. The van der Waals surface area contributed by atoms with E-state index in [1.165, 1.54) is 0 Å². The Kier molecular flexibility index (Phi) is 10.0. The minimum atomic E-state index is -0.554. The summed E-state index contributed by atoms with van der Waals surface area (Å²) in [6, 6.07) is 18.3. The average molecular weight is 608 g/mol. The number of benzene rings is 3. The number of carbonyl (C=O) groups is 2. The monoisotopic (exact) mass is 606 g/mol. The number of nitrogens with zero attached hydrogens (tertiary/aromatic N) is 3. The lowest BCUT2D eigenvalue weighted by molar-refractivity contribution is -0.131. The summed E-state index contributed by atoms with van der Waals surface area (Å²) in [4.78, 5) is 31.2. The number of anilines is 1. The Hall–Kier alpha value is -2.48. The van der Waals surface area contributed by atoms with Crippen molar-refractivity contribution in [1.82, 2.24) is 9.80 Å². The van der Waals surface area contributed by atoms with Crippen LogP contribution in [0.2, 0.25) is 20.1 Å². The van der Waals surface area contributed by atoms with Crippen molar-refractivity contribution in [3.8, 4) is 11.1 Å². The Morgan fingerprint density at radius 3 is 2.18 bits per heavy atom. The maximum absolute atomic E-state index is 13.6. The fraction of sp³-hybridized carbons (Fsp3) is 0.310. The highest BCUT2D eigenvalue weighted by Crippen LogP contribution is 2.32. The van der Waals surface area contributed by atoms with Gasteiger partial charge in [0.05, 0.1) is 29.2 Å². The Morgan fingerprint density at radius 1 is 0.872 bits per heavy atom. The molecule has 0 saturated carbocycles. The summed E-state index contributed by atoms with van der Waals surface area (Å²) < 4.78 is 0. The molecule has 1 aliphatic rings. The number of nitrogens with two attached hydrogens (primary N) is 1. The lowest BCUT2D eigenvalue weighted by atomic mass is 9.99. The Morgan fingerprint density at radius 2 is 1.56 bits per heavy atom. The van der Waals surface area contributed by atoms with Gasteiger partial charge in [-0.05, 0) is 67.4 Å². The molecule has 1 fully saturated rings. The lowest BCUT2D eigenvalue weighted by Gasteiger charge is -2.34. The smallest absolute Gasteiger partial charge is 0.242 e. The van der Waals surface area contributed by atoms with Gasteiger partial charge in [-0.1, -0.05) is 76.7 Å². The van der Waals surface area contributed by atoms with Crippen LogP contribution in [0.3, 0.4) is 0 Å². The van der Waals surface area contributed by atoms with Gasteiger partial charge < -0.3 is 20.4 Å². The molecule has 0 aliphatic carbocycles. The third-order valence-corrected chi connectivity index (χ3v) is 8.26. The number of amides is 2. The van der Waals surface area contributed by atoms with Crippen molar-refractivity contribution in [2.24, 2.45) is 5.73 Å². The Bertz CT molecular complexity index is 1330. The van der Waals surface area contributed by atoms with E-state index in [4.69, 9.17) is 52.1 Å². The van der Waals surface area contributed by atoms with Gasteiger partial charge in [0.1, 0.15) is 0 Å². The van der Waals surface area contributed by atoms with Gasteiger partial charge in [0.15, 0.2) is 0 Å². The molecule has 1 heterocycles. The third kappa shape index (κ3) is 7.59. The van der Waals surface area contributed by atoms with Crippen molar-refractivity contribution in [2.75, 3.05) is 44.7 Å². The molecule has 3 aromatic carbocycles. The van der Waals surface area contributed by atoms with Crippen LogP contribution in [0.5, 0.6) is 0 Å². The zero-order valence-corrected chi connectivity index (χ0v) is 24.6. The largest absolute Gasteiger partial charge is 0.368 e. The summed E-state index contributed by atoms with van der Waals surface area (Å²) in [6.07, 6.45) is 2.28. The summed E-state index contributed by atoms with van der Waals surface area (Å²) in [6.45, 7) is 2.51. The van der Waals surface area contributed by atoms with Gasteiger partial charge in [0.2, 0.25) is 11.8 Å². The minimum Gasteiger partial charge on any atom is -0.368 e. The molecule has 0 unspecified atom stereocenters. The average Bonchev–Trinajstić information content (AvgIpc) is 3.41. The summed E-state index contributed by atoms with van der Waals surface area (Å²) in [5.74, 6) is -0.710. The number of halogens is 4. The van der Waals surface area contributed by atoms with Gasteiger partial charge in [0, 0.05) is 34.9 Å². The van der Waals surface area contributed by atoms with Crippen LogP contribution in [0.4, 0.5) is 5.69 Å². The molecular weight excluding hydrogens is 578 g/mol. The van der Waals surface area contributed by atoms with Crippen molar-refractivity contribution >= 4 is 63.9 Å². The van der Waals surface area contributed by atoms with E-state index in [0.717, 1.165) is 42.6 Å². The van der Waals surface area contributed by atoms with E-state index >= 15 is 0 Å². The standard InChI is InChI=1S/C29H30Cl4N4O2/c1-35(29(39)18-37(17-28(34)38)22-9-11-24(31)26(33)15-22)27(16-36-12-2-3-13-36)20-6-4-19(5-7-20)23-10-8-21(30)14-25(23)32/h4-11,14-15,27H,2-3,12-13,16-18H2,1H3,(H2,34,38)/t27-/m0/s1. The number of likely N-dealkylation sites (N-methyl/N-ethyl adjacent to an activating group) is 1. The highest BCUT2D eigenvalue weighted by atomic mass is 35.5. The summed E-state index contributed by atoms with van der Waals surface area (Å²) in [5, 5.41) is 1.87. The number of hydrogen-bond donors (Lipinski definition) is 1. The van der Waals surface area contributed by atoms with Crippen LogP contribution >= 0.6 is 46.4 Å². The first-order chi connectivity index (χ1) is 18.6. The lowest BCUT2D eigenvalue weighted by Crippen LogP contribution is -2.45. The predicted octanol–water partition coefficient (Wildman–Crippen LogP) is 6.55. The Labute approximate surface area is 249 Å². The normalized spacial score (nSPS) is 14.3. The van der Waals surface area contributed by atoms with Crippen molar-refractivity contribution in [1.29, 1.82) is 0 Å². The van der Waals surface area contributed by atoms with Crippen molar-refractivity contribution < 1.29 is 9.59 Å². The zero-order chi connectivity index (χ0) is 28.1. The van der Waals surface area contributed by atoms with Crippen LogP contribution in [-0.2, 0) is 9.59 Å². The van der Waals surface area contributed by atoms with E-state index in [2.05, 4.69) is 4.90 Å². The molecule has 10 heteroatoms. The number of rotatable bonds is 10. The fourth-order valence-corrected chi connectivity index (χ4v) is 5.64. The van der Waals surface area contributed by atoms with Crippen LogP contribution in [0, 0.1) is 0 Å². The first-order valence-corrected chi connectivity index (χ1v) is 14.1. The van der Waals surface area contributed by atoms with Crippen molar-refractivity contribution in [2.45, 2.75) is 18.9 Å². The molecule has 3 aromatic rings. The van der Waals surface area contributed by atoms with E-state index in [9.17, 15) is 9.59 Å². The van der Waals surface area contributed by atoms with E-state index < -0.39 is 5.91 Å². The third-order valence-electron chi connectivity index (χ3n) is 6.97. The van der Waals surface area contributed by atoms with Crippen LogP contribution in [-0.4, -0.2) is 61.4 Å². The van der Waals surface area contributed by atoms with Crippen LogP contribution in [0.15, 0.2) is 60.7 Å². The van der Waals surface area contributed by atoms with Gasteiger partial charge in [-0.2, -0.15) is 0 Å². The quantitative estimate of drug-likeness (QED) is 0.284. The molecule has 4 rings (SSSR count). The molecule has 0 radical (unpaired) electrons. The molecule has 206 valence electrons. The van der Waals surface area contributed by atoms with E-state index in [-0.39, 0.29) is 25.0 Å². The zero-order valence-electron chi connectivity index (χ0n) is 21.5. The molecule has 1 atom stereocenters. The van der Waals surface area contributed by atoms with E-state index in [1.54, 1.807) is 41.1 Å². The maximum atomic E-state index is 13.6. The first kappa shape index (κ1) is 29.5. The molecule has 2 amide bonds. The summed E-state index contributed by atoms with van der Waals surface area (Å²) in [5.41, 5.74) is 8.94. The molecule has 1 saturated heterocycles. The molecule has 2 N–H and O–H groups in total. The van der Waals surface area contributed by atoms with Gasteiger partial charge in [-0.3, -0.25) is 9.59 Å². The predicted molar refractivity (Wildman–Crippen MR) is 161 cm³/mol. The van der Waals surface area contributed by atoms with Crippen molar-refractivity contribution in [3.05, 3.63) is 86.3 Å². The van der Waals surface area contributed by atoms with Crippen LogP contribution in [0.1, 0.15) is 24.4 Å². The molecule has 0 spiro atoms. The van der Waals surface area contributed by atoms with Gasteiger partial charge in [-0.25, -0.2) is 0 Å². The molecule has 39 heavy (non-hydrogen) atoms. The number of primary amides is 1. The van der Waals surface area contributed by atoms with E-state index in [0.29, 0.717) is 32.3 Å². The summed E-state index contributed by atoms with van der Waals surface area (Å²) >= 11 is 24.8. The fourth-order valence-electron chi connectivity index (χ4n) is 4.83. The molecule has 0 aromatic heterocycles. The van der Waals surface area contributed by atoms with Crippen molar-refractivity contribution in [3.63, 3.8) is 0 Å². The van der Waals surface area contributed by atoms with Crippen LogP contribution in [0.25, 0.3) is 11.1 Å². The molecule has 0 bridgehead atoms. The SMILES string of the molecule is CN(C(=O)CN(CC(N)=O)c1ccc(Cl)c(Cl)c1)[C@@H](CN1CCCC1)c1ccc(-c2ccc(Cl)cc2Cl)cc1. The summed E-state index contributed by atoms with van der Waals surface area (Å²) in [7, 11) is 1.80. The second kappa shape index (κ2) is 13.2. The number of likely N-dealkylation sites (tertiary alicyclic amines) is 1. The number of hydrogen-bond acceptors (Lipinski definition) is 4. The maximum Gasteiger partial charge on any atom is 0.242 e. The highest BCUT2D eigenvalue weighted by molar-refractivity contribution is 6.42. The second-order valence-corrected chi connectivity index (χ2v) is 11.4. The topological polar surface area (TPSA) is 69.9 Å². The Balaban J connectivity index is 1.59. The number of carbonyl (C=O) groups excluding carboxylic acids is 2. The molecule has 1 aliphatic heterocycles. The first-order valence-electron chi connectivity index (χ1n) is 12.6. The van der Waals surface area contributed by atoms with Gasteiger partial charge in [-0.15, -0.1) is 0 Å². The van der Waals surface area contributed by atoms with E-state index in [1.807, 2.05) is 36.4 Å². The van der Waals surface area contributed by atoms with Gasteiger partial charge >= 0.3 is 0 Å². The minimum absolute atomic E-state index is 0.0492.